The van der Waals surface area contributed by atoms with Crippen LogP contribution < -0.4 is 14.8 Å². The number of anilines is 1. The number of aryl methyl sites for hydroxylation is 1. The van der Waals surface area contributed by atoms with Crippen LogP contribution in [0.3, 0.4) is 0 Å². The number of rotatable bonds is 8. The second kappa shape index (κ2) is 8.83. The van der Waals surface area contributed by atoms with E-state index in [9.17, 15) is 4.79 Å². The Hall–Kier alpha value is -2.49. The van der Waals surface area contributed by atoms with E-state index < -0.39 is 0 Å². The van der Waals surface area contributed by atoms with Crippen molar-refractivity contribution in [1.82, 2.24) is 0 Å². The van der Waals surface area contributed by atoms with Crippen LogP contribution >= 0.6 is 0 Å². The largest absolute Gasteiger partial charge is 0.497 e. The van der Waals surface area contributed by atoms with Gasteiger partial charge in [0.2, 0.25) is 5.91 Å². The number of carbonyl (C=O) groups excluding carboxylic acids is 1. The molecule has 0 saturated carbocycles. The molecule has 0 aromatic heterocycles. The molecular weight excluding hydrogens is 290 g/mol. The number of nitrogens with one attached hydrogen (secondary N) is 1. The number of carbonyl (C=O) groups is 1. The van der Waals surface area contributed by atoms with Gasteiger partial charge in [-0.2, -0.15) is 0 Å². The molecule has 2 aromatic carbocycles. The Labute approximate surface area is 137 Å². The minimum absolute atomic E-state index is 0.0107. The highest BCUT2D eigenvalue weighted by atomic mass is 16.5. The van der Waals surface area contributed by atoms with Crippen molar-refractivity contribution in [3.05, 3.63) is 54.1 Å². The third kappa shape index (κ3) is 5.66. The van der Waals surface area contributed by atoms with Gasteiger partial charge in [0.25, 0.3) is 0 Å². The van der Waals surface area contributed by atoms with Gasteiger partial charge in [-0.1, -0.05) is 19.1 Å². The van der Waals surface area contributed by atoms with Crippen LogP contribution in [0.1, 0.15) is 25.3 Å². The highest BCUT2D eigenvalue weighted by Gasteiger charge is 2.03. The second-order valence-corrected chi connectivity index (χ2v) is 5.23. The molecule has 0 radical (unpaired) electrons. The molecule has 1 N–H and O–H groups in total. The molecule has 0 aliphatic rings. The third-order valence-electron chi connectivity index (χ3n) is 3.50. The van der Waals surface area contributed by atoms with Gasteiger partial charge in [-0.25, -0.2) is 0 Å². The fraction of sp³-hybridized carbons (Fsp3) is 0.316. The van der Waals surface area contributed by atoms with Crippen LogP contribution in [0, 0.1) is 0 Å². The van der Waals surface area contributed by atoms with Crippen LogP contribution in [0.25, 0.3) is 0 Å². The maximum atomic E-state index is 11.9. The lowest BCUT2D eigenvalue weighted by Gasteiger charge is -2.08. The van der Waals surface area contributed by atoms with Gasteiger partial charge < -0.3 is 14.8 Å². The zero-order chi connectivity index (χ0) is 16.5. The Kier molecular flexibility index (Phi) is 6.48. The fourth-order valence-electron chi connectivity index (χ4n) is 2.19. The van der Waals surface area contributed by atoms with Crippen LogP contribution in [0.5, 0.6) is 11.5 Å². The topological polar surface area (TPSA) is 47.6 Å². The first-order valence-electron chi connectivity index (χ1n) is 7.87. The summed E-state index contributed by atoms with van der Waals surface area (Å²) in [6.07, 6.45) is 2.07. The normalized spacial score (nSPS) is 10.2. The molecule has 0 saturated heterocycles. The van der Waals surface area contributed by atoms with Crippen LogP contribution in [0.4, 0.5) is 5.69 Å². The van der Waals surface area contributed by atoms with Crippen molar-refractivity contribution in [2.24, 2.45) is 0 Å². The average Bonchev–Trinajstić information content (AvgIpc) is 2.59. The van der Waals surface area contributed by atoms with Crippen molar-refractivity contribution in [2.45, 2.75) is 26.2 Å². The predicted molar refractivity (Wildman–Crippen MR) is 92.2 cm³/mol. The summed E-state index contributed by atoms with van der Waals surface area (Å²) in [5, 5.41) is 2.92. The SMILES string of the molecule is CCc1cccc(NC(=O)CCCOc2ccc(OC)cc2)c1. The van der Waals surface area contributed by atoms with Crippen molar-refractivity contribution in [3.63, 3.8) is 0 Å². The van der Waals surface area contributed by atoms with Crippen molar-refractivity contribution in [1.29, 1.82) is 0 Å². The van der Waals surface area contributed by atoms with Gasteiger partial charge in [0.15, 0.2) is 0 Å². The fourth-order valence-corrected chi connectivity index (χ4v) is 2.19. The van der Waals surface area contributed by atoms with E-state index in [1.54, 1.807) is 7.11 Å². The van der Waals surface area contributed by atoms with Gasteiger partial charge in [-0.05, 0) is 54.8 Å². The summed E-state index contributed by atoms with van der Waals surface area (Å²) in [5.74, 6) is 1.59. The molecule has 0 heterocycles. The smallest absolute Gasteiger partial charge is 0.224 e. The first-order chi connectivity index (χ1) is 11.2. The van der Waals surface area contributed by atoms with Crippen LogP contribution in [0.15, 0.2) is 48.5 Å². The zero-order valence-corrected chi connectivity index (χ0v) is 13.7. The highest BCUT2D eigenvalue weighted by molar-refractivity contribution is 5.90. The molecule has 1 amide bonds. The minimum Gasteiger partial charge on any atom is -0.497 e. The van der Waals surface area contributed by atoms with Gasteiger partial charge in [0, 0.05) is 12.1 Å². The standard InChI is InChI=1S/C19H23NO3/c1-3-15-6-4-7-16(14-15)20-19(21)8-5-13-23-18-11-9-17(22-2)10-12-18/h4,6-7,9-12,14H,3,5,8,13H2,1-2H3,(H,20,21). The molecular formula is C19H23NO3. The Morgan fingerprint density at radius 3 is 2.52 bits per heavy atom. The Balaban J connectivity index is 1.69. The number of ether oxygens (including phenoxy) is 2. The molecule has 0 fully saturated rings. The maximum absolute atomic E-state index is 11.9. The lowest BCUT2D eigenvalue weighted by Crippen LogP contribution is -2.12. The van der Waals surface area contributed by atoms with Crippen LogP contribution in [-0.2, 0) is 11.2 Å². The van der Waals surface area contributed by atoms with Gasteiger partial charge in [0.05, 0.1) is 13.7 Å². The summed E-state index contributed by atoms with van der Waals surface area (Å²) in [7, 11) is 1.63. The third-order valence-corrected chi connectivity index (χ3v) is 3.50. The van der Waals surface area contributed by atoms with Gasteiger partial charge in [-0.15, -0.1) is 0 Å². The van der Waals surface area contributed by atoms with Gasteiger partial charge in [0.1, 0.15) is 11.5 Å². The maximum Gasteiger partial charge on any atom is 0.224 e. The molecule has 0 atom stereocenters. The summed E-state index contributed by atoms with van der Waals surface area (Å²) in [6.45, 7) is 2.60. The number of amides is 1. The summed E-state index contributed by atoms with van der Waals surface area (Å²) in [4.78, 5) is 11.9. The molecule has 0 unspecified atom stereocenters. The molecule has 4 nitrogen and oxygen atoms in total. The van der Waals surface area contributed by atoms with Crippen molar-refractivity contribution >= 4 is 11.6 Å². The van der Waals surface area contributed by atoms with E-state index in [0.29, 0.717) is 19.4 Å². The molecule has 122 valence electrons. The minimum atomic E-state index is 0.0107. The summed E-state index contributed by atoms with van der Waals surface area (Å²) < 4.78 is 10.7. The first-order valence-corrected chi connectivity index (χ1v) is 7.87. The Bertz CT molecular complexity index is 623. The van der Waals surface area contributed by atoms with E-state index in [1.807, 2.05) is 42.5 Å². The van der Waals surface area contributed by atoms with E-state index >= 15 is 0 Å². The molecule has 2 aromatic rings. The highest BCUT2D eigenvalue weighted by Crippen LogP contribution is 2.17. The lowest BCUT2D eigenvalue weighted by molar-refractivity contribution is -0.116. The van der Waals surface area contributed by atoms with Crippen molar-refractivity contribution in [2.75, 3.05) is 19.0 Å². The van der Waals surface area contributed by atoms with Gasteiger partial charge in [-0.3, -0.25) is 4.79 Å². The van der Waals surface area contributed by atoms with Gasteiger partial charge >= 0.3 is 0 Å². The second-order valence-electron chi connectivity index (χ2n) is 5.23. The quantitative estimate of drug-likeness (QED) is 0.748. The first kappa shape index (κ1) is 16.9. The van der Waals surface area contributed by atoms with Crippen molar-refractivity contribution < 1.29 is 14.3 Å². The molecule has 23 heavy (non-hydrogen) atoms. The average molecular weight is 313 g/mol. The summed E-state index contributed by atoms with van der Waals surface area (Å²) in [5.41, 5.74) is 2.07. The molecule has 0 aliphatic carbocycles. The van der Waals surface area contributed by atoms with E-state index in [0.717, 1.165) is 23.6 Å². The number of hydrogen-bond donors (Lipinski definition) is 1. The monoisotopic (exact) mass is 313 g/mol. The van der Waals surface area contributed by atoms with Crippen LogP contribution in [0.2, 0.25) is 0 Å². The van der Waals surface area contributed by atoms with E-state index in [1.165, 1.54) is 5.56 Å². The lowest BCUT2D eigenvalue weighted by atomic mass is 10.1. The number of methoxy groups -OCH3 is 1. The molecule has 2 rings (SSSR count). The summed E-state index contributed by atoms with van der Waals surface area (Å²) in [6, 6.07) is 15.3. The predicted octanol–water partition coefficient (Wildman–Crippen LogP) is 4.06. The molecule has 0 spiro atoms. The number of hydrogen-bond acceptors (Lipinski definition) is 3. The van der Waals surface area contributed by atoms with Crippen LogP contribution in [-0.4, -0.2) is 19.6 Å². The molecule has 0 aliphatic heterocycles. The summed E-state index contributed by atoms with van der Waals surface area (Å²) >= 11 is 0. The Morgan fingerprint density at radius 2 is 1.83 bits per heavy atom. The van der Waals surface area contributed by atoms with Crippen molar-refractivity contribution in [3.8, 4) is 11.5 Å². The van der Waals surface area contributed by atoms with E-state index in [4.69, 9.17) is 9.47 Å². The zero-order valence-electron chi connectivity index (χ0n) is 13.7. The molecule has 0 bridgehead atoms. The number of benzene rings is 2. The molecule has 4 heteroatoms. The Morgan fingerprint density at radius 1 is 1.09 bits per heavy atom. The van der Waals surface area contributed by atoms with E-state index in [-0.39, 0.29) is 5.91 Å². The van der Waals surface area contributed by atoms with E-state index in [2.05, 4.69) is 18.3 Å².